The summed E-state index contributed by atoms with van der Waals surface area (Å²) in [6.07, 6.45) is 0. The van der Waals surface area contributed by atoms with Gasteiger partial charge in [0.1, 0.15) is 6.61 Å². The molecule has 0 amide bonds. The van der Waals surface area contributed by atoms with E-state index in [1.54, 1.807) is 0 Å². The fourth-order valence-electron chi connectivity index (χ4n) is 2.17. The minimum absolute atomic E-state index is 0.103. The Balaban J connectivity index is 1.94. The molecule has 0 saturated heterocycles. The number of benzene rings is 1. The van der Waals surface area contributed by atoms with Gasteiger partial charge in [0.15, 0.2) is 0 Å². The lowest BCUT2D eigenvalue weighted by molar-refractivity contribution is 0.315. The van der Waals surface area contributed by atoms with Crippen LogP contribution in [0.5, 0.6) is 0 Å². The van der Waals surface area contributed by atoms with E-state index >= 15 is 0 Å². The van der Waals surface area contributed by atoms with Gasteiger partial charge >= 0.3 is 0 Å². The van der Waals surface area contributed by atoms with Crippen LogP contribution in [-0.4, -0.2) is 28.6 Å². The fourth-order valence-corrected chi connectivity index (χ4v) is 2.17. The lowest BCUT2D eigenvalue weighted by atomic mass is 10.1. The van der Waals surface area contributed by atoms with Gasteiger partial charge in [-0.25, -0.2) is 0 Å². The first-order valence-corrected chi connectivity index (χ1v) is 6.97. The smallest absolute Gasteiger partial charge is 0.104 e. The van der Waals surface area contributed by atoms with E-state index in [9.17, 15) is 0 Å². The van der Waals surface area contributed by atoms with Crippen molar-refractivity contribution in [2.24, 2.45) is 0 Å². The zero-order chi connectivity index (χ0) is 15.1. The molecule has 0 unspecified atom stereocenters. The second kappa shape index (κ2) is 7.58. The van der Waals surface area contributed by atoms with Crippen molar-refractivity contribution >= 4 is 0 Å². The highest BCUT2D eigenvalue weighted by atomic mass is 16.2. The molecule has 108 valence electrons. The average molecular weight is 280 g/mol. The van der Waals surface area contributed by atoms with Gasteiger partial charge in [0.05, 0.1) is 5.69 Å². The number of hydrogen-bond donors (Lipinski definition) is 1. The van der Waals surface area contributed by atoms with Gasteiger partial charge in [-0.3, -0.25) is 9.88 Å². The van der Waals surface area contributed by atoms with E-state index in [0.717, 1.165) is 30.0 Å². The van der Waals surface area contributed by atoms with Crippen molar-refractivity contribution in [3.63, 3.8) is 0 Å². The van der Waals surface area contributed by atoms with Crippen molar-refractivity contribution in [3.8, 4) is 11.8 Å². The molecule has 0 atom stereocenters. The molecule has 0 aliphatic heterocycles. The third kappa shape index (κ3) is 5.03. The molecule has 2 rings (SSSR count). The number of pyridine rings is 1. The highest BCUT2D eigenvalue weighted by Crippen LogP contribution is 2.09. The summed E-state index contributed by atoms with van der Waals surface area (Å²) in [6.45, 7) is 3.60. The molecule has 3 heteroatoms. The zero-order valence-corrected chi connectivity index (χ0v) is 12.5. The quantitative estimate of drug-likeness (QED) is 0.874. The summed E-state index contributed by atoms with van der Waals surface area (Å²) in [6, 6.07) is 14.2. The SMILES string of the molecule is Cc1cccc(CN(C)Cc2ccc(C#CCO)cc2)n1. The van der Waals surface area contributed by atoms with E-state index in [0.29, 0.717) is 0 Å². The zero-order valence-electron chi connectivity index (χ0n) is 12.5. The van der Waals surface area contributed by atoms with Crippen molar-refractivity contribution in [1.82, 2.24) is 9.88 Å². The molecule has 0 aliphatic rings. The number of hydrogen-bond acceptors (Lipinski definition) is 3. The molecule has 1 aromatic carbocycles. The van der Waals surface area contributed by atoms with E-state index in [1.807, 2.05) is 31.2 Å². The monoisotopic (exact) mass is 280 g/mol. The number of aliphatic hydroxyl groups excluding tert-OH is 1. The molecule has 2 aromatic rings. The molecule has 0 fully saturated rings. The van der Waals surface area contributed by atoms with Crippen LogP contribution in [0.3, 0.4) is 0 Å². The van der Waals surface area contributed by atoms with Crippen molar-refractivity contribution < 1.29 is 5.11 Å². The van der Waals surface area contributed by atoms with Crippen LogP contribution < -0.4 is 0 Å². The predicted octanol–water partition coefficient (Wildman–Crippen LogP) is 2.37. The van der Waals surface area contributed by atoms with Gasteiger partial charge < -0.3 is 5.11 Å². The molecule has 0 aliphatic carbocycles. The highest BCUT2D eigenvalue weighted by molar-refractivity contribution is 5.36. The van der Waals surface area contributed by atoms with Crippen LogP contribution in [0.2, 0.25) is 0 Å². The van der Waals surface area contributed by atoms with Crippen molar-refractivity contribution in [2.45, 2.75) is 20.0 Å². The Hall–Kier alpha value is -2.15. The second-order valence-electron chi connectivity index (χ2n) is 5.10. The van der Waals surface area contributed by atoms with Crippen LogP contribution in [-0.2, 0) is 13.1 Å². The standard InChI is InChI=1S/C18H20N2O/c1-15-5-3-7-18(19-15)14-20(2)13-17-10-8-16(9-11-17)6-4-12-21/h3,5,7-11,21H,12-14H2,1-2H3. The maximum absolute atomic E-state index is 8.67. The molecule has 1 N–H and O–H groups in total. The predicted molar refractivity (Wildman–Crippen MR) is 84.6 cm³/mol. The van der Waals surface area contributed by atoms with Gasteiger partial charge in [-0.15, -0.1) is 0 Å². The van der Waals surface area contributed by atoms with Gasteiger partial charge in [-0.1, -0.05) is 30.0 Å². The van der Waals surface area contributed by atoms with Crippen LogP contribution >= 0.6 is 0 Å². The normalized spacial score (nSPS) is 10.3. The third-order valence-electron chi connectivity index (χ3n) is 3.10. The lowest BCUT2D eigenvalue weighted by Gasteiger charge is -2.16. The van der Waals surface area contributed by atoms with Crippen LogP contribution in [0.1, 0.15) is 22.5 Å². The van der Waals surface area contributed by atoms with E-state index in [-0.39, 0.29) is 6.61 Å². The Morgan fingerprint density at radius 1 is 1.10 bits per heavy atom. The summed E-state index contributed by atoms with van der Waals surface area (Å²) in [5.41, 5.74) is 4.30. The maximum Gasteiger partial charge on any atom is 0.104 e. The Kier molecular flexibility index (Phi) is 5.51. The summed E-state index contributed by atoms with van der Waals surface area (Å²) in [4.78, 5) is 6.75. The molecule has 0 bridgehead atoms. The van der Waals surface area contributed by atoms with Gasteiger partial charge in [0.25, 0.3) is 0 Å². The first-order chi connectivity index (χ1) is 10.2. The van der Waals surface area contributed by atoms with Crippen LogP contribution in [0.15, 0.2) is 42.5 Å². The second-order valence-corrected chi connectivity index (χ2v) is 5.10. The molecule has 0 saturated carbocycles. The van der Waals surface area contributed by atoms with E-state index in [4.69, 9.17) is 5.11 Å². The molecule has 3 nitrogen and oxygen atoms in total. The molecule has 0 radical (unpaired) electrons. The summed E-state index contributed by atoms with van der Waals surface area (Å²) in [5.74, 6) is 5.55. The number of nitrogens with zero attached hydrogens (tertiary/aromatic N) is 2. The van der Waals surface area contributed by atoms with Gasteiger partial charge in [-0.2, -0.15) is 0 Å². The van der Waals surface area contributed by atoms with E-state index in [1.165, 1.54) is 5.56 Å². The Bertz CT molecular complexity index is 638. The fraction of sp³-hybridized carbons (Fsp3) is 0.278. The Morgan fingerprint density at radius 3 is 2.52 bits per heavy atom. The van der Waals surface area contributed by atoms with Crippen molar-refractivity contribution in [1.29, 1.82) is 0 Å². The van der Waals surface area contributed by atoms with Gasteiger partial charge in [0.2, 0.25) is 0 Å². The van der Waals surface area contributed by atoms with E-state index in [2.05, 4.69) is 47.0 Å². The summed E-state index contributed by atoms with van der Waals surface area (Å²) >= 11 is 0. The largest absolute Gasteiger partial charge is 0.384 e. The van der Waals surface area contributed by atoms with Crippen LogP contribution in [0, 0.1) is 18.8 Å². The van der Waals surface area contributed by atoms with Crippen molar-refractivity contribution in [2.75, 3.05) is 13.7 Å². The van der Waals surface area contributed by atoms with Gasteiger partial charge in [0, 0.05) is 24.3 Å². The van der Waals surface area contributed by atoms with Crippen molar-refractivity contribution in [3.05, 3.63) is 65.0 Å². The van der Waals surface area contributed by atoms with E-state index < -0.39 is 0 Å². The molecular weight excluding hydrogens is 260 g/mol. The number of rotatable bonds is 4. The molecule has 0 spiro atoms. The minimum Gasteiger partial charge on any atom is -0.384 e. The number of aliphatic hydroxyl groups is 1. The summed E-state index contributed by atoms with van der Waals surface area (Å²) in [5, 5.41) is 8.67. The van der Waals surface area contributed by atoms with Gasteiger partial charge in [-0.05, 0) is 43.8 Å². The first kappa shape index (κ1) is 15.2. The molecular formula is C18H20N2O. The third-order valence-corrected chi connectivity index (χ3v) is 3.10. The first-order valence-electron chi connectivity index (χ1n) is 6.97. The summed E-state index contributed by atoms with van der Waals surface area (Å²) in [7, 11) is 2.09. The lowest BCUT2D eigenvalue weighted by Crippen LogP contribution is -2.18. The molecule has 1 heterocycles. The minimum atomic E-state index is -0.103. The number of aromatic nitrogens is 1. The molecule has 21 heavy (non-hydrogen) atoms. The Labute approximate surface area is 126 Å². The van der Waals surface area contributed by atoms with Crippen LogP contribution in [0.25, 0.3) is 0 Å². The topological polar surface area (TPSA) is 36.4 Å². The average Bonchev–Trinajstić information content (AvgIpc) is 2.46. The number of aryl methyl sites for hydroxylation is 1. The van der Waals surface area contributed by atoms with Crippen LogP contribution in [0.4, 0.5) is 0 Å². The molecule has 1 aromatic heterocycles. The summed E-state index contributed by atoms with van der Waals surface area (Å²) < 4.78 is 0. The highest BCUT2D eigenvalue weighted by Gasteiger charge is 2.03. The maximum atomic E-state index is 8.67. The Morgan fingerprint density at radius 2 is 1.86 bits per heavy atom.